The Morgan fingerprint density at radius 2 is 1.74 bits per heavy atom. The topological polar surface area (TPSA) is 84.5 Å². The second-order valence-corrected chi connectivity index (χ2v) is 7.37. The molecule has 6 nitrogen and oxygen atoms in total. The number of aryl methyl sites for hydroxylation is 2. The van der Waals surface area contributed by atoms with Crippen molar-refractivity contribution >= 4 is 23.5 Å². The lowest BCUT2D eigenvalue weighted by Crippen LogP contribution is -2.40. The van der Waals surface area contributed by atoms with Crippen LogP contribution in [0.1, 0.15) is 56.6 Å². The first-order valence-corrected chi connectivity index (χ1v) is 9.70. The molecule has 0 heterocycles. The van der Waals surface area contributed by atoms with Crippen LogP contribution in [0.15, 0.2) is 18.2 Å². The van der Waals surface area contributed by atoms with Gasteiger partial charge in [-0.15, -0.1) is 0 Å². The van der Waals surface area contributed by atoms with E-state index in [1.807, 2.05) is 32.0 Å². The smallest absolute Gasteiger partial charge is 0.306 e. The van der Waals surface area contributed by atoms with Crippen LogP contribution in [0.5, 0.6) is 0 Å². The SMILES string of the molecule is Cc1cccc(C)c1NC(=O)CNC(=O)C(C)OC(=O)CC1CCCCC1. The van der Waals surface area contributed by atoms with Crippen molar-refractivity contribution in [3.63, 3.8) is 0 Å². The number of hydrogen-bond acceptors (Lipinski definition) is 4. The molecule has 0 aliphatic heterocycles. The minimum Gasteiger partial charge on any atom is -0.453 e. The Morgan fingerprint density at radius 1 is 1.11 bits per heavy atom. The van der Waals surface area contributed by atoms with E-state index in [4.69, 9.17) is 4.74 Å². The maximum Gasteiger partial charge on any atom is 0.306 e. The number of carbonyl (C=O) groups excluding carboxylic acids is 3. The number of benzene rings is 1. The molecule has 1 aliphatic carbocycles. The van der Waals surface area contributed by atoms with Gasteiger partial charge < -0.3 is 15.4 Å². The van der Waals surface area contributed by atoms with E-state index in [2.05, 4.69) is 10.6 Å². The summed E-state index contributed by atoms with van der Waals surface area (Å²) >= 11 is 0. The van der Waals surface area contributed by atoms with Crippen LogP contribution in [-0.4, -0.2) is 30.4 Å². The van der Waals surface area contributed by atoms with Crippen molar-refractivity contribution in [3.05, 3.63) is 29.3 Å². The molecule has 2 N–H and O–H groups in total. The van der Waals surface area contributed by atoms with Crippen molar-refractivity contribution in [1.29, 1.82) is 0 Å². The van der Waals surface area contributed by atoms with Crippen LogP contribution in [0, 0.1) is 19.8 Å². The van der Waals surface area contributed by atoms with Gasteiger partial charge in [0.25, 0.3) is 5.91 Å². The third kappa shape index (κ3) is 6.70. The molecule has 2 rings (SSSR count). The predicted octanol–water partition coefficient (Wildman–Crippen LogP) is 3.26. The summed E-state index contributed by atoms with van der Waals surface area (Å²) in [7, 11) is 0. The van der Waals surface area contributed by atoms with Gasteiger partial charge in [-0.25, -0.2) is 0 Å². The van der Waals surface area contributed by atoms with Crippen LogP contribution in [0.3, 0.4) is 0 Å². The first-order chi connectivity index (χ1) is 12.9. The number of para-hydroxylation sites is 1. The first-order valence-electron chi connectivity index (χ1n) is 9.70. The van der Waals surface area contributed by atoms with Gasteiger partial charge >= 0.3 is 5.97 Å². The highest BCUT2D eigenvalue weighted by Gasteiger charge is 2.22. The number of ether oxygens (including phenoxy) is 1. The maximum atomic E-state index is 12.1. The molecule has 1 fully saturated rings. The van der Waals surface area contributed by atoms with Crippen LogP contribution in [0.2, 0.25) is 0 Å². The average Bonchev–Trinajstić information content (AvgIpc) is 2.63. The van der Waals surface area contributed by atoms with Gasteiger partial charge in [0.15, 0.2) is 6.10 Å². The highest BCUT2D eigenvalue weighted by atomic mass is 16.5. The summed E-state index contributed by atoms with van der Waals surface area (Å²) in [5, 5.41) is 5.33. The third-order valence-electron chi connectivity index (χ3n) is 5.03. The second-order valence-electron chi connectivity index (χ2n) is 7.37. The van der Waals surface area contributed by atoms with Crippen molar-refractivity contribution in [2.75, 3.05) is 11.9 Å². The summed E-state index contributed by atoms with van der Waals surface area (Å²) in [6, 6.07) is 5.75. The third-order valence-corrected chi connectivity index (χ3v) is 5.03. The molecule has 0 bridgehead atoms. The van der Waals surface area contributed by atoms with E-state index in [0.29, 0.717) is 12.3 Å². The largest absolute Gasteiger partial charge is 0.453 e. The molecule has 0 radical (unpaired) electrons. The Balaban J connectivity index is 1.73. The quantitative estimate of drug-likeness (QED) is 0.718. The molecule has 0 aromatic heterocycles. The number of rotatable bonds is 7. The first kappa shape index (κ1) is 20.9. The van der Waals surface area contributed by atoms with E-state index >= 15 is 0 Å². The second kappa shape index (κ2) is 10.1. The Hall–Kier alpha value is -2.37. The molecule has 1 saturated carbocycles. The van der Waals surface area contributed by atoms with Crippen LogP contribution >= 0.6 is 0 Å². The summed E-state index contributed by atoms with van der Waals surface area (Å²) in [4.78, 5) is 36.2. The summed E-state index contributed by atoms with van der Waals surface area (Å²) in [6.45, 7) is 5.18. The van der Waals surface area contributed by atoms with Crippen molar-refractivity contribution in [1.82, 2.24) is 5.32 Å². The molecule has 148 valence electrons. The lowest BCUT2D eigenvalue weighted by atomic mass is 9.87. The Labute approximate surface area is 161 Å². The molecule has 2 amide bonds. The van der Waals surface area contributed by atoms with Gasteiger partial charge in [0.1, 0.15) is 0 Å². The lowest BCUT2D eigenvalue weighted by molar-refractivity contribution is -0.155. The number of anilines is 1. The molecule has 1 aromatic carbocycles. The van der Waals surface area contributed by atoms with E-state index in [1.165, 1.54) is 13.3 Å². The van der Waals surface area contributed by atoms with Gasteiger partial charge in [-0.1, -0.05) is 37.5 Å². The van der Waals surface area contributed by atoms with Crippen molar-refractivity contribution in [2.24, 2.45) is 5.92 Å². The molecule has 1 aliphatic rings. The molecular formula is C21H30N2O4. The Morgan fingerprint density at radius 3 is 2.37 bits per heavy atom. The Kier molecular flexibility index (Phi) is 7.82. The minimum absolute atomic E-state index is 0.170. The highest BCUT2D eigenvalue weighted by molar-refractivity contribution is 5.96. The number of esters is 1. The van der Waals surface area contributed by atoms with Crippen LogP contribution in [-0.2, 0) is 19.1 Å². The predicted molar refractivity (Wildman–Crippen MR) is 104 cm³/mol. The van der Waals surface area contributed by atoms with Crippen LogP contribution in [0.4, 0.5) is 5.69 Å². The van der Waals surface area contributed by atoms with E-state index < -0.39 is 12.0 Å². The number of hydrogen-bond donors (Lipinski definition) is 2. The molecule has 0 spiro atoms. The molecule has 1 atom stereocenters. The van der Waals surface area contributed by atoms with E-state index in [-0.39, 0.29) is 18.4 Å². The number of nitrogens with one attached hydrogen (secondary N) is 2. The van der Waals surface area contributed by atoms with E-state index in [0.717, 1.165) is 42.5 Å². The summed E-state index contributed by atoms with van der Waals surface area (Å²) in [5.41, 5.74) is 2.67. The van der Waals surface area contributed by atoms with Gasteiger partial charge in [0.2, 0.25) is 5.91 Å². The van der Waals surface area contributed by atoms with Gasteiger partial charge in [0, 0.05) is 12.1 Å². The zero-order chi connectivity index (χ0) is 19.8. The normalized spacial score (nSPS) is 15.7. The minimum atomic E-state index is -0.908. The van der Waals surface area contributed by atoms with Crippen molar-refractivity contribution in [2.45, 2.75) is 65.4 Å². The van der Waals surface area contributed by atoms with Crippen LogP contribution in [0.25, 0.3) is 0 Å². The summed E-state index contributed by atoms with van der Waals surface area (Å²) in [5.74, 6) is -0.765. The fourth-order valence-electron chi connectivity index (χ4n) is 3.43. The van der Waals surface area contributed by atoms with Gasteiger partial charge in [-0.2, -0.15) is 0 Å². The molecule has 0 saturated heterocycles. The Bertz CT molecular complexity index is 661. The van der Waals surface area contributed by atoms with Gasteiger partial charge in [0.05, 0.1) is 6.54 Å². The molecule has 27 heavy (non-hydrogen) atoms. The van der Waals surface area contributed by atoms with Gasteiger partial charge in [-0.3, -0.25) is 14.4 Å². The lowest BCUT2D eigenvalue weighted by Gasteiger charge is -2.21. The molecular weight excluding hydrogens is 344 g/mol. The summed E-state index contributed by atoms with van der Waals surface area (Å²) < 4.78 is 5.22. The summed E-state index contributed by atoms with van der Waals surface area (Å²) in [6.07, 6.45) is 5.10. The molecule has 1 aromatic rings. The molecule has 6 heteroatoms. The average molecular weight is 374 g/mol. The molecule has 1 unspecified atom stereocenters. The highest BCUT2D eigenvalue weighted by Crippen LogP contribution is 2.26. The van der Waals surface area contributed by atoms with E-state index in [9.17, 15) is 14.4 Å². The van der Waals surface area contributed by atoms with Crippen molar-refractivity contribution in [3.8, 4) is 0 Å². The van der Waals surface area contributed by atoms with Gasteiger partial charge in [-0.05, 0) is 50.7 Å². The number of amides is 2. The maximum absolute atomic E-state index is 12.1. The standard InChI is InChI=1S/C21H30N2O4/c1-14-8-7-9-15(2)20(14)23-18(24)13-22-21(26)16(3)27-19(25)12-17-10-5-4-6-11-17/h7-9,16-17H,4-6,10-13H2,1-3H3,(H,22,26)(H,23,24). The van der Waals surface area contributed by atoms with Crippen molar-refractivity contribution < 1.29 is 19.1 Å². The zero-order valence-corrected chi connectivity index (χ0v) is 16.5. The monoisotopic (exact) mass is 374 g/mol. The zero-order valence-electron chi connectivity index (χ0n) is 16.5. The van der Waals surface area contributed by atoms with E-state index in [1.54, 1.807) is 0 Å². The fourth-order valence-corrected chi connectivity index (χ4v) is 3.43. The van der Waals surface area contributed by atoms with Crippen LogP contribution < -0.4 is 10.6 Å². The number of carbonyl (C=O) groups is 3. The fraction of sp³-hybridized carbons (Fsp3) is 0.571.